The van der Waals surface area contributed by atoms with Crippen molar-refractivity contribution in [3.05, 3.63) is 0 Å². The maximum Gasteiger partial charge on any atom is 0.184 e. The lowest BCUT2D eigenvalue weighted by molar-refractivity contribution is -0.908. The number of hydrazone groups is 1. The number of likely N-dealkylation sites (tertiary alicyclic amines) is 1. The van der Waals surface area contributed by atoms with E-state index in [2.05, 4.69) is 31.4 Å². The van der Waals surface area contributed by atoms with E-state index in [0.29, 0.717) is 12.0 Å². The summed E-state index contributed by atoms with van der Waals surface area (Å²) in [6.07, 6.45) is 1.02. The van der Waals surface area contributed by atoms with Gasteiger partial charge in [0, 0.05) is 12.3 Å². The minimum atomic E-state index is 0.239. The number of nitrogens with one attached hydrogen (secondary N) is 2. The van der Waals surface area contributed by atoms with E-state index in [9.17, 15) is 0 Å². The number of quaternary nitrogens is 1. The number of piperidine rings is 1. The molecule has 4 N–H and O–H groups in total. The van der Waals surface area contributed by atoms with Gasteiger partial charge in [-0.1, -0.05) is 6.92 Å². The van der Waals surface area contributed by atoms with E-state index >= 15 is 0 Å². The van der Waals surface area contributed by atoms with Crippen molar-refractivity contribution in [2.45, 2.75) is 26.3 Å². The van der Waals surface area contributed by atoms with Crippen molar-refractivity contribution in [3.8, 4) is 0 Å². The zero-order valence-electron chi connectivity index (χ0n) is 9.00. The fourth-order valence-corrected chi connectivity index (χ4v) is 1.82. The Morgan fingerprint density at radius 3 is 2.86 bits per heavy atom. The van der Waals surface area contributed by atoms with Gasteiger partial charge in [0.15, 0.2) is 5.11 Å². The predicted octanol–water partition coefficient (Wildman–Crippen LogP) is -0.881. The molecule has 1 rings (SSSR count). The Balaban J connectivity index is 2.60. The monoisotopic (exact) mass is 215 g/mol. The molecule has 0 bridgehead atoms. The van der Waals surface area contributed by atoms with Gasteiger partial charge in [-0.3, -0.25) is 5.43 Å². The summed E-state index contributed by atoms with van der Waals surface area (Å²) < 4.78 is 0. The molecule has 0 amide bonds. The van der Waals surface area contributed by atoms with Gasteiger partial charge >= 0.3 is 0 Å². The molecule has 0 aromatic heterocycles. The fourth-order valence-electron chi connectivity index (χ4n) is 1.77. The van der Waals surface area contributed by atoms with Crippen LogP contribution in [0.4, 0.5) is 0 Å². The lowest BCUT2D eigenvalue weighted by Crippen LogP contribution is -3.14. The van der Waals surface area contributed by atoms with E-state index in [1.165, 1.54) is 5.71 Å². The minimum Gasteiger partial charge on any atom is -0.375 e. The minimum absolute atomic E-state index is 0.239. The van der Waals surface area contributed by atoms with Gasteiger partial charge in [-0.25, -0.2) is 0 Å². The maximum atomic E-state index is 5.33. The second-order valence-electron chi connectivity index (χ2n) is 4.14. The Labute approximate surface area is 90.5 Å². The van der Waals surface area contributed by atoms with Crippen LogP contribution in [0.3, 0.4) is 0 Å². The van der Waals surface area contributed by atoms with E-state index in [1.54, 1.807) is 4.90 Å². The van der Waals surface area contributed by atoms with E-state index in [1.807, 2.05) is 0 Å². The third-order valence-corrected chi connectivity index (χ3v) is 2.95. The quantitative estimate of drug-likeness (QED) is 0.393. The van der Waals surface area contributed by atoms with Crippen LogP contribution in [0.1, 0.15) is 20.3 Å². The second-order valence-corrected chi connectivity index (χ2v) is 4.58. The summed E-state index contributed by atoms with van der Waals surface area (Å²) in [5.74, 6) is 0.507. The summed E-state index contributed by atoms with van der Waals surface area (Å²) in [4.78, 5) is 1.56. The Morgan fingerprint density at radius 2 is 2.29 bits per heavy atom. The zero-order valence-corrected chi connectivity index (χ0v) is 9.82. The van der Waals surface area contributed by atoms with Gasteiger partial charge in [-0.15, -0.1) is 0 Å². The molecule has 1 saturated heterocycles. The van der Waals surface area contributed by atoms with Gasteiger partial charge in [0.2, 0.25) is 0 Å². The van der Waals surface area contributed by atoms with Crippen molar-refractivity contribution in [2.75, 3.05) is 13.6 Å². The SMILES string of the molecule is C[C@@H]1C[NH+](C)[C@H](C)C/C1=N/NC(N)=S. The third-order valence-electron chi connectivity index (χ3n) is 2.86. The lowest BCUT2D eigenvalue weighted by atomic mass is 9.93. The summed E-state index contributed by atoms with van der Waals surface area (Å²) in [6.45, 7) is 5.55. The predicted molar refractivity (Wildman–Crippen MR) is 62.4 cm³/mol. The molecule has 0 aromatic carbocycles. The molecule has 5 heteroatoms. The van der Waals surface area contributed by atoms with Crippen LogP contribution in [0.2, 0.25) is 0 Å². The standard InChI is InChI=1S/C9H18N4S/c1-6-5-13(3)7(2)4-8(6)11-12-9(10)14/h6-7H,4-5H2,1-3H3,(H3,10,12,14)/p+1/b11-8-/t6-,7-/m1/s1. The fraction of sp³-hybridized carbons (Fsp3) is 0.778. The van der Waals surface area contributed by atoms with Crippen LogP contribution in [0.25, 0.3) is 0 Å². The molecule has 14 heavy (non-hydrogen) atoms. The highest BCUT2D eigenvalue weighted by atomic mass is 32.1. The van der Waals surface area contributed by atoms with E-state index in [-0.39, 0.29) is 5.11 Å². The van der Waals surface area contributed by atoms with Gasteiger partial charge in [-0.05, 0) is 19.1 Å². The van der Waals surface area contributed by atoms with Crippen LogP contribution < -0.4 is 16.1 Å². The summed E-state index contributed by atoms with van der Waals surface area (Å²) in [6, 6.07) is 0.623. The molecule has 80 valence electrons. The molecule has 0 saturated carbocycles. The molecule has 1 fully saturated rings. The lowest BCUT2D eigenvalue weighted by Gasteiger charge is -2.31. The van der Waals surface area contributed by atoms with Crippen LogP contribution in [0.5, 0.6) is 0 Å². The van der Waals surface area contributed by atoms with Crippen LogP contribution >= 0.6 is 12.2 Å². The normalized spacial score (nSPS) is 35.6. The molecule has 0 aliphatic carbocycles. The topological polar surface area (TPSA) is 54.8 Å². The van der Waals surface area contributed by atoms with E-state index in [4.69, 9.17) is 18.0 Å². The number of nitrogens with two attached hydrogens (primary N) is 1. The summed E-state index contributed by atoms with van der Waals surface area (Å²) in [7, 11) is 2.22. The van der Waals surface area contributed by atoms with Gasteiger partial charge in [0.05, 0.1) is 25.3 Å². The van der Waals surface area contributed by atoms with Crippen molar-refractivity contribution in [1.82, 2.24) is 5.43 Å². The molecule has 1 unspecified atom stereocenters. The van der Waals surface area contributed by atoms with Crippen molar-refractivity contribution in [2.24, 2.45) is 16.8 Å². The van der Waals surface area contributed by atoms with Crippen LogP contribution in [0.15, 0.2) is 5.10 Å². The first-order valence-electron chi connectivity index (χ1n) is 4.95. The Kier molecular flexibility index (Phi) is 3.83. The second kappa shape index (κ2) is 4.70. The highest BCUT2D eigenvalue weighted by Crippen LogP contribution is 2.07. The summed E-state index contributed by atoms with van der Waals surface area (Å²) >= 11 is 4.71. The number of nitrogens with zero attached hydrogens (tertiary/aromatic N) is 1. The van der Waals surface area contributed by atoms with Crippen LogP contribution in [-0.2, 0) is 0 Å². The first kappa shape index (κ1) is 11.4. The molecule has 1 aliphatic heterocycles. The third kappa shape index (κ3) is 2.92. The molecule has 1 heterocycles. The van der Waals surface area contributed by atoms with Gasteiger partial charge in [-0.2, -0.15) is 5.10 Å². The molecule has 3 atom stereocenters. The number of hydrogen-bond acceptors (Lipinski definition) is 2. The van der Waals surface area contributed by atoms with Crippen LogP contribution in [-0.4, -0.2) is 30.5 Å². The molecular weight excluding hydrogens is 196 g/mol. The molecule has 4 nitrogen and oxygen atoms in total. The number of thiocarbonyl (C=S) groups is 1. The van der Waals surface area contributed by atoms with Gasteiger partial charge < -0.3 is 10.6 Å². The number of hydrogen-bond donors (Lipinski definition) is 3. The Hall–Kier alpha value is -0.680. The molecule has 0 spiro atoms. The molecule has 0 radical (unpaired) electrons. The largest absolute Gasteiger partial charge is 0.375 e. The smallest absolute Gasteiger partial charge is 0.184 e. The van der Waals surface area contributed by atoms with Crippen molar-refractivity contribution >= 4 is 23.0 Å². The first-order chi connectivity index (χ1) is 6.50. The van der Waals surface area contributed by atoms with Crippen molar-refractivity contribution in [1.29, 1.82) is 0 Å². The van der Waals surface area contributed by atoms with Gasteiger partial charge in [0.25, 0.3) is 0 Å². The summed E-state index contributed by atoms with van der Waals surface area (Å²) in [5.41, 5.74) is 9.17. The molecule has 1 aliphatic rings. The summed E-state index contributed by atoms with van der Waals surface area (Å²) in [5, 5.41) is 4.48. The Bertz CT molecular complexity index is 251. The highest BCUT2D eigenvalue weighted by molar-refractivity contribution is 7.80. The average molecular weight is 215 g/mol. The zero-order chi connectivity index (χ0) is 10.7. The van der Waals surface area contributed by atoms with Crippen molar-refractivity contribution in [3.63, 3.8) is 0 Å². The number of rotatable bonds is 1. The molecule has 0 aromatic rings. The highest BCUT2D eigenvalue weighted by Gasteiger charge is 2.28. The first-order valence-corrected chi connectivity index (χ1v) is 5.35. The maximum absolute atomic E-state index is 5.33. The van der Waals surface area contributed by atoms with Crippen LogP contribution in [0, 0.1) is 5.92 Å². The Morgan fingerprint density at radius 1 is 1.64 bits per heavy atom. The van der Waals surface area contributed by atoms with E-state index < -0.39 is 0 Å². The average Bonchev–Trinajstić information content (AvgIpc) is 2.09. The van der Waals surface area contributed by atoms with Gasteiger partial charge in [0.1, 0.15) is 0 Å². The van der Waals surface area contributed by atoms with E-state index in [0.717, 1.165) is 13.0 Å². The van der Waals surface area contributed by atoms with Crippen molar-refractivity contribution < 1.29 is 4.90 Å². The molecular formula is C9H19N4S+.